The fourth-order valence-corrected chi connectivity index (χ4v) is 2.39. The Kier molecular flexibility index (Phi) is 6.29. The van der Waals surface area contributed by atoms with Crippen LogP contribution in [-0.4, -0.2) is 18.4 Å². The van der Waals surface area contributed by atoms with Crippen molar-refractivity contribution in [1.82, 2.24) is 0 Å². The summed E-state index contributed by atoms with van der Waals surface area (Å²) in [6.45, 7) is -0.0557. The van der Waals surface area contributed by atoms with Crippen molar-refractivity contribution in [2.75, 3.05) is 6.54 Å². The van der Waals surface area contributed by atoms with E-state index in [0.29, 0.717) is 17.5 Å². The number of nitrogens with two attached hydrogens (primary N) is 1. The Morgan fingerprint density at radius 3 is 2.71 bits per heavy atom. The first-order valence-electron chi connectivity index (χ1n) is 5.48. The van der Waals surface area contributed by atoms with E-state index in [0.717, 1.165) is 12.0 Å². The van der Waals surface area contributed by atoms with Gasteiger partial charge in [0.05, 0.1) is 0 Å². The third-order valence-corrected chi connectivity index (χ3v) is 3.57. The van der Waals surface area contributed by atoms with Gasteiger partial charge in [0.2, 0.25) is 0 Å². The van der Waals surface area contributed by atoms with Gasteiger partial charge in [-0.15, -0.1) is 0 Å². The highest BCUT2D eigenvalue weighted by atomic mass is 32.2. The molecule has 0 aliphatic carbocycles. The Labute approximate surface area is 105 Å². The largest absolute Gasteiger partial charge is 0.435 e. The Morgan fingerprint density at radius 1 is 1.35 bits per heavy atom. The molecule has 96 valence electrons. The fraction of sp³-hybridized carbons (Fsp3) is 0.500. The van der Waals surface area contributed by atoms with E-state index in [9.17, 15) is 8.78 Å². The summed E-state index contributed by atoms with van der Waals surface area (Å²) in [7, 11) is 0. The molecule has 1 rings (SSSR count). The van der Waals surface area contributed by atoms with Crippen LogP contribution in [0.1, 0.15) is 18.9 Å². The van der Waals surface area contributed by atoms with Crippen molar-refractivity contribution < 1.29 is 13.5 Å². The van der Waals surface area contributed by atoms with Crippen molar-refractivity contribution in [3.63, 3.8) is 0 Å². The lowest BCUT2D eigenvalue weighted by atomic mass is 10.2. The van der Waals surface area contributed by atoms with Crippen LogP contribution in [0.4, 0.5) is 8.78 Å². The van der Waals surface area contributed by atoms with Crippen LogP contribution in [0.3, 0.4) is 0 Å². The van der Waals surface area contributed by atoms with Crippen LogP contribution < -0.4 is 10.5 Å². The minimum Gasteiger partial charge on any atom is -0.435 e. The lowest BCUT2D eigenvalue weighted by Gasteiger charge is -2.13. The maximum Gasteiger partial charge on any atom is 0.387 e. The average molecular weight is 261 g/mol. The molecule has 1 aromatic carbocycles. The number of thioether (sulfide) groups is 1. The van der Waals surface area contributed by atoms with E-state index in [1.54, 1.807) is 30.0 Å². The zero-order valence-corrected chi connectivity index (χ0v) is 10.6. The van der Waals surface area contributed by atoms with Gasteiger partial charge in [-0.1, -0.05) is 25.1 Å². The molecule has 0 aliphatic rings. The van der Waals surface area contributed by atoms with Gasteiger partial charge in [-0.05, 0) is 19.0 Å². The third kappa shape index (κ3) is 5.37. The van der Waals surface area contributed by atoms with Crippen LogP contribution in [0.5, 0.6) is 5.75 Å². The smallest absolute Gasteiger partial charge is 0.387 e. The summed E-state index contributed by atoms with van der Waals surface area (Å²) in [5, 5.41) is 0.416. The van der Waals surface area contributed by atoms with E-state index >= 15 is 0 Å². The number of ether oxygens (including phenoxy) is 1. The number of alkyl halides is 2. The molecule has 0 bridgehead atoms. The van der Waals surface area contributed by atoms with Crippen LogP contribution in [0.25, 0.3) is 0 Å². The normalized spacial score (nSPS) is 12.8. The Balaban J connectivity index is 2.57. The van der Waals surface area contributed by atoms with Gasteiger partial charge in [-0.25, -0.2) is 0 Å². The van der Waals surface area contributed by atoms with Gasteiger partial charge in [0, 0.05) is 16.6 Å². The molecule has 0 fully saturated rings. The highest BCUT2D eigenvalue weighted by Crippen LogP contribution is 2.27. The number of hydrogen-bond donors (Lipinski definition) is 1. The van der Waals surface area contributed by atoms with Crippen LogP contribution >= 0.6 is 11.8 Å². The molecule has 2 N–H and O–H groups in total. The minimum absolute atomic E-state index is 0.259. The van der Waals surface area contributed by atoms with Crippen molar-refractivity contribution in [3.05, 3.63) is 29.8 Å². The second-order valence-electron chi connectivity index (χ2n) is 3.69. The Morgan fingerprint density at radius 2 is 2.06 bits per heavy atom. The molecular formula is C12H17F2NOS. The van der Waals surface area contributed by atoms with Crippen LogP contribution in [0.2, 0.25) is 0 Å². The van der Waals surface area contributed by atoms with E-state index in [1.807, 2.05) is 6.07 Å². The summed E-state index contributed by atoms with van der Waals surface area (Å²) in [5.74, 6) is 0.916. The van der Waals surface area contributed by atoms with Gasteiger partial charge in [0.1, 0.15) is 5.75 Å². The van der Waals surface area contributed by atoms with E-state index in [4.69, 9.17) is 5.73 Å². The summed E-state index contributed by atoms with van der Waals surface area (Å²) < 4.78 is 28.8. The molecule has 0 radical (unpaired) electrons. The highest BCUT2D eigenvalue weighted by molar-refractivity contribution is 7.99. The van der Waals surface area contributed by atoms with Crippen molar-refractivity contribution in [3.8, 4) is 5.75 Å². The molecule has 1 unspecified atom stereocenters. The summed E-state index contributed by atoms with van der Waals surface area (Å²) in [4.78, 5) is 0. The molecule has 0 aromatic heterocycles. The fourth-order valence-electron chi connectivity index (χ4n) is 1.38. The minimum atomic E-state index is -2.78. The first-order chi connectivity index (χ1) is 8.13. The van der Waals surface area contributed by atoms with E-state index < -0.39 is 6.61 Å². The van der Waals surface area contributed by atoms with Gasteiger partial charge < -0.3 is 10.5 Å². The molecule has 0 aliphatic heterocycles. The first-order valence-corrected chi connectivity index (χ1v) is 6.52. The molecule has 1 aromatic rings. The van der Waals surface area contributed by atoms with Crippen LogP contribution in [0.15, 0.2) is 24.3 Å². The molecular weight excluding hydrogens is 244 g/mol. The average Bonchev–Trinajstić information content (AvgIpc) is 2.27. The van der Waals surface area contributed by atoms with E-state index in [1.165, 1.54) is 0 Å². The Bertz CT molecular complexity index is 336. The second kappa shape index (κ2) is 7.50. The molecule has 0 saturated heterocycles. The molecule has 0 saturated carbocycles. The van der Waals surface area contributed by atoms with Gasteiger partial charge in [0.15, 0.2) is 0 Å². The van der Waals surface area contributed by atoms with Gasteiger partial charge >= 0.3 is 6.61 Å². The molecule has 0 amide bonds. The van der Waals surface area contributed by atoms with Gasteiger partial charge in [-0.3, -0.25) is 0 Å². The number of halogens is 2. The molecule has 0 heterocycles. The molecule has 0 spiro atoms. The summed E-state index contributed by atoms with van der Waals surface area (Å²) in [6, 6.07) is 6.88. The maximum absolute atomic E-state index is 12.2. The number of para-hydroxylation sites is 1. The predicted octanol–water partition coefficient (Wildman–Crippen LogP) is 3.26. The predicted molar refractivity (Wildman–Crippen MR) is 67.5 cm³/mol. The zero-order chi connectivity index (χ0) is 12.7. The van der Waals surface area contributed by atoms with Crippen molar-refractivity contribution in [1.29, 1.82) is 0 Å². The Hall–Kier alpha value is -0.810. The summed E-state index contributed by atoms with van der Waals surface area (Å²) in [6.07, 6.45) is 0.919. The topological polar surface area (TPSA) is 35.2 Å². The molecule has 2 nitrogen and oxygen atoms in total. The second-order valence-corrected chi connectivity index (χ2v) is 5.11. The maximum atomic E-state index is 12.2. The standard InChI is InChI=1S/C12H17F2NOS/c1-9(6-7-15)17-8-10-4-2-3-5-11(10)16-12(13)14/h2-5,9,12H,6-8,15H2,1H3. The van der Waals surface area contributed by atoms with Crippen LogP contribution in [-0.2, 0) is 5.75 Å². The van der Waals surface area contributed by atoms with Gasteiger partial charge in [0.25, 0.3) is 0 Å². The van der Waals surface area contributed by atoms with Crippen molar-refractivity contribution >= 4 is 11.8 Å². The monoisotopic (exact) mass is 261 g/mol. The third-order valence-electron chi connectivity index (χ3n) is 2.29. The summed E-state index contributed by atoms with van der Waals surface area (Å²) >= 11 is 1.69. The number of benzene rings is 1. The number of rotatable bonds is 7. The molecule has 5 heteroatoms. The van der Waals surface area contributed by atoms with Gasteiger partial charge in [-0.2, -0.15) is 20.5 Å². The van der Waals surface area contributed by atoms with Crippen LogP contribution in [0, 0.1) is 0 Å². The van der Waals surface area contributed by atoms with Crippen molar-refractivity contribution in [2.45, 2.75) is 31.0 Å². The number of hydrogen-bond acceptors (Lipinski definition) is 3. The molecule has 17 heavy (non-hydrogen) atoms. The summed E-state index contributed by atoms with van der Waals surface area (Å²) in [5.41, 5.74) is 6.25. The zero-order valence-electron chi connectivity index (χ0n) is 9.74. The lowest BCUT2D eigenvalue weighted by molar-refractivity contribution is -0.0503. The van der Waals surface area contributed by atoms with E-state index in [-0.39, 0.29) is 5.75 Å². The van der Waals surface area contributed by atoms with E-state index in [2.05, 4.69) is 11.7 Å². The quantitative estimate of drug-likeness (QED) is 0.818. The highest BCUT2D eigenvalue weighted by Gasteiger charge is 2.10. The molecule has 1 atom stereocenters. The van der Waals surface area contributed by atoms with Crippen molar-refractivity contribution in [2.24, 2.45) is 5.73 Å². The first kappa shape index (κ1) is 14.3. The SMILES string of the molecule is CC(CCN)SCc1ccccc1OC(F)F. The lowest BCUT2D eigenvalue weighted by Crippen LogP contribution is -2.08.